The van der Waals surface area contributed by atoms with Crippen LogP contribution >= 0.6 is 0 Å². The van der Waals surface area contributed by atoms with Crippen LogP contribution in [-0.4, -0.2) is 32.4 Å². The average Bonchev–Trinajstić information content (AvgIpc) is 3.26. The number of carbonyl (C=O) groups is 1. The number of carbonyl (C=O) groups excluding carboxylic acids is 1. The summed E-state index contributed by atoms with van der Waals surface area (Å²) in [4.78, 5) is 25.7. The Morgan fingerprint density at radius 2 is 1.03 bits per heavy atom. The van der Waals surface area contributed by atoms with Crippen LogP contribution in [0.4, 0.5) is 0 Å². The molecule has 0 bridgehead atoms. The molecule has 0 spiro atoms. The first kappa shape index (κ1) is 44.1. The molecule has 0 aliphatic carbocycles. The van der Waals surface area contributed by atoms with Gasteiger partial charge in [-0.1, -0.05) is 134 Å². The molecule has 0 amide bonds. The summed E-state index contributed by atoms with van der Waals surface area (Å²) in [5.74, 6) is 2.48. The summed E-state index contributed by atoms with van der Waals surface area (Å²) in [6.07, 6.45) is 19.2. The summed E-state index contributed by atoms with van der Waals surface area (Å²) in [5.41, 5.74) is 4.51. The number of rotatable bonds is 27. The molecule has 1 heterocycles. The maximum Gasteiger partial charge on any atom is 0.338 e. The zero-order valence-electron chi connectivity index (χ0n) is 35.1. The number of hydrogen-bond donors (Lipinski definition) is 0. The third-order valence-corrected chi connectivity index (χ3v) is 10.8. The fourth-order valence-electron chi connectivity index (χ4n) is 6.81. The highest BCUT2D eigenvalue weighted by molar-refractivity contribution is 5.90. The molecule has 0 aliphatic heterocycles. The molecule has 0 unspecified atom stereocenters. The molecule has 58 heavy (non-hydrogen) atoms. The zero-order valence-corrected chi connectivity index (χ0v) is 35.1. The molecule has 0 saturated carbocycles. The van der Waals surface area contributed by atoms with Crippen LogP contribution in [0.3, 0.4) is 0 Å². The van der Waals surface area contributed by atoms with Gasteiger partial charge in [0.1, 0.15) is 29.1 Å². The van der Waals surface area contributed by atoms with Crippen LogP contribution in [0.1, 0.15) is 127 Å². The Morgan fingerprint density at radius 3 is 1.57 bits per heavy atom. The van der Waals surface area contributed by atoms with Gasteiger partial charge in [0.05, 0.1) is 42.9 Å². The van der Waals surface area contributed by atoms with Gasteiger partial charge in [-0.15, -0.1) is 0 Å². The molecule has 5 aromatic rings. The Morgan fingerprint density at radius 1 is 0.569 bits per heavy atom. The maximum atomic E-state index is 13.3. The third kappa shape index (κ3) is 14.4. The summed E-state index contributed by atoms with van der Waals surface area (Å²) in [6.45, 7) is 8.89. The van der Waals surface area contributed by atoms with E-state index >= 15 is 0 Å². The standard InChI is InChI=1S/C51H64O7/c1-4-6-7-8-9-10-13-16-34-55-45-29-25-42(26-30-45)48-38-57-49-36-46(31-32-47(49)50(48)52)56-35-18-15-12-11-14-17-33-54-44-27-23-41(24-28-44)40-19-21-43(22-20-40)51(53)58-37-39(3)5-2/h19-32,36,38-39H,4-18,33-35,37H2,1-3H3/t39-/m0/s1. The molecule has 1 atom stereocenters. The minimum Gasteiger partial charge on any atom is -0.494 e. The second kappa shape index (κ2) is 24.7. The van der Waals surface area contributed by atoms with Gasteiger partial charge in [-0.05, 0) is 90.4 Å². The van der Waals surface area contributed by atoms with Gasteiger partial charge in [-0.3, -0.25) is 4.79 Å². The van der Waals surface area contributed by atoms with E-state index in [0.29, 0.717) is 60.2 Å². The summed E-state index contributed by atoms with van der Waals surface area (Å²) >= 11 is 0. The molecule has 310 valence electrons. The first-order valence-corrected chi connectivity index (χ1v) is 21.9. The van der Waals surface area contributed by atoms with Crippen molar-refractivity contribution in [2.24, 2.45) is 5.92 Å². The largest absolute Gasteiger partial charge is 0.494 e. The van der Waals surface area contributed by atoms with Crippen molar-refractivity contribution >= 4 is 16.9 Å². The van der Waals surface area contributed by atoms with Crippen molar-refractivity contribution in [3.63, 3.8) is 0 Å². The van der Waals surface area contributed by atoms with E-state index in [1.807, 2.05) is 84.9 Å². The van der Waals surface area contributed by atoms with Gasteiger partial charge < -0.3 is 23.4 Å². The molecule has 5 rings (SSSR count). The quantitative estimate of drug-likeness (QED) is 0.0387. The van der Waals surface area contributed by atoms with Gasteiger partial charge in [0.25, 0.3) is 0 Å². The highest BCUT2D eigenvalue weighted by atomic mass is 16.5. The molecule has 0 radical (unpaired) electrons. The van der Waals surface area contributed by atoms with Crippen LogP contribution in [-0.2, 0) is 4.74 Å². The number of unbranched alkanes of at least 4 members (excludes halogenated alkanes) is 12. The second-order valence-electron chi connectivity index (χ2n) is 15.5. The van der Waals surface area contributed by atoms with E-state index in [4.69, 9.17) is 23.4 Å². The van der Waals surface area contributed by atoms with Gasteiger partial charge in [0.15, 0.2) is 5.43 Å². The Labute approximate surface area is 346 Å². The van der Waals surface area contributed by atoms with Crippen LogP contribution in [0.15, 0.2) is 106 Å². The van der Waals surface area contributed by atoms with E-state index < -0.39 is 0 Å². The highest BCUT2D eigenvalue weighted by Crippen LogP contribution is 2.26. The maximum absolute atomic E-state index is 13.3. The zero-order chi connectivity index (χ0) is 40.8. The molecule has 0 N–H and O–H groups in total. The smallest absolute Gasteiger partial charge is 0.338 e. The van der Waals surface area contributed by atoms with Gasteiger partial charge in [-0.2, -0.15) is 0 Å². The molecule has 0 aliphatic rings. The van der Waals surface area contributed by atoms with Crippen molar-refractivity contribution in [2.75, 3.05) is 26.4 Å². The summed E-state index contributed by atoms with van der Waals surface area (Å²) in [5, 5.41) is 0.542. The average molecular weight is 789 g/mol. The fourth-order valence-corrected chi connectivity index (χ4v) is 6.81. The normalized spacial score (nSPS) is 11.7. The van der Waals surface area contributed by atoms with Crippen molar-refractivity contribution < 1.29 is 28.2 Å². The Bertz CT molecular complexity index is 1980. The fraction of sp³-hybridized carbons (Fsp3) is 0.451. The summed E-state index contributed by atoms with van der Waals surface area (Å²) in [6, 6.07) is 28.8. The van der Waals surface area contributed by atoms with Crippen LogP contribution in [0, 0.1) is 5.92 Å². The van der Waals surface area contributed by atoms with Gasteiger partial charge in [0.2, 0.25) is 0 Å². The Kier molecular flexibility index (Phi) is 18.7. The highest BCUT2D eigenvalue weighted by Gasteiger charge is 2.12. The summed E-state index contributed by atoms with van der Waals surface area (Å²) in [7, 11) is 0. The predicted octanol–water partition coefficient (Wildman–Crippen LogP) is 13.6. The summed E-state index contributed by atoms with van der Waals surface area (Å²) < 4.78 is 29.3. The van der Waals surface area contributed by atoms with Gasteiger partial charge in [-0.25, -0.2) is 4.79 Å². The van der Waals surface area contributed by atoms with E-state index in [0.717, 1.165) is 79.6 Å². The van der Waals surface area contributed by atoms with E-state index in [9.17, 15) is 9.59 Å². The number of hydrogen-bond acceptors (Lipinski definition) is 7. The lowest BCUT2D eigenvalue weighted by Crippen LogP contribution is -2.11. The number of fused-ring (bicyclic) bond motifs is 1. The molecule has 1 aromatic heterocycles. The molecular weight excluding hydrogens is 725 g/mol. The lowest BCUT2D eigenvalue weighted by atomic mass is 10.0. The number of ether oxygens (including phenoxy) is 4. The molecule has 7 heteroatoms. The second-order valence-corrected chi connectivity index (χ2v) is 15.5. The van der Waals surface area contributed by atoms with Crippen LogP contribution in [0.2, 0.25) is 0 Å². The number of esters is 1. The van der Waals surface area contributed by atoms with Crippen molar-refractivity contribution in [2.45, 2.75) is 117 Å². The van der Waals surface area contributed by atoms with Crippen molar-refractivity contribution in [1.29, 1.82) is 0 Å². The first-order valence-electron chi connectivity index (χ1n) is 21.9. The minimum atomic E-state index is -0.275. The van der Waals surface area contributed by atoms with Crippen LogP contribution in [0.25, 0.3) is 33.2 Å². The third-order valence-electron chi connectivity index (χ3n) is 10.8. The van der Waals surface area contributed by atoms with Crippen molar-refractivity contribution in [3.8, 4) is 39.5 Å². The lowest BCUT2D eigenvalue weighted by molar-refractivity contribution is 0.0447. The SMILES string of the molecule is CCCCCCCCCCOc1ccc(-c2coc3cc(OCCCCCCCCOc4ccc(-c5ccc(C(=O)OC[C@@H](C)CC)cc5)cc4)ccc3c2=O)cc1. The Hall–Kier alpha value is -5.04. The monoisotopic (exact) mass is 788 g/mol. The van der Waals surface area contributed by atoms with Crippen LogP contribution in [0.5, 0.6) is 17.2 Å². The number of benzene rings is 4. The van der Waals surface area contributed by atoms with E-state index in [1.165, 1.54) is 44.9 Å². The first-order chi connectivity index (χ1) is 28.4. The molecule has 7 nitrogen and oxygen atoms in total. The van der Waals surface area contributed by atoms with Gasteiger partial charge >= 0.3 is 5.97 Å². The molecule has 0 fully saturated rings. The minimum absolute atomic E-state index is 0.0554. The van der Waals surface area contributed by atoms with E-state index in [2.05, 4.69) is 20.8 Å². The van der Waals surface area contributed by atoms with Crippen molar-refractivity contribution in [3.05, 3.63) is 113 Å². The molecule has 0 saturated heterocycles. The predicted molar refractivity (Wildman–Crippen MR) is 236 cm³/mol. The lowest BCUT2D eigenvalue weighted by Gasteiger charge is -2.10. The Balaban J connectivity index is 0.925. The van der Waals surface area contributed by atoms with E-state index in [1.54, 1.807) is 12.3 Å². The van der Waals surface area contributed by atoms with Gasteiger partial charge in [0, 0.05) is 6.07 Å². The van der Waals surface area contributed by atoms with E-state index in [-0.39, 0.29) is 11.4 Å². The van der Waals surface area contributed by atoms with Crippen LogP contribution < -0.4 is 19.6 Å². The van der Waals surface area contributed by atoms with Crippen molar-refractivity contribution in [1.82, 2.24) is 0 Å². The molecule has 4 aromatic carbocycles. The topological polar surface area (TPSA) is 84.2 Å². The molecular formula is C51H64O7.